The van der Waals surface area contributed by atoms with Gasteiger partial charge in [-0.15, -0.1) is 0 Å². The van der Waals surface area contributed by atoms with E-state index >= 15 is 0 Å². The van der Waals surface area contributed by atoms with Gasteiger partial charge in [0.05, 0.1) is 11.1 Å². The van der Waals surface area contributed by atoms with Crippen molar-refractivity contribution in [3.05, 3.63) is 12.5 Å². The first-order valence-electron chi connectivity index (χ1n) is 13.2. The Morgan fingerprint density at radius 3 is 2.41 bits per heavy atom. The minimum atomic E-state index is -0.483. The molecule has 186 valence electrons. The number of anilines is 2. The van der Waals surface area contributed by atoms with Crippen LogP contribution in [0.1, 0.15) is 78.7 Å². The average Bonchev–Trinajstić information content (AvgIpc) is 3.46. The summed E-state index contributed by atoms with van der Waals surface area (Å²) >= 11 is 0. The molecule has 8 nitrogen and oxygen atoms in total. The second-order valence-corrected chi connectivity index (χ2v) is 11.3. The Bertz CT molecular complexity index is 1020. The molecule has 0 spiro atoms. The molecule has 3 fully saturated rings. The Balaban J connectivity index is 1.48. The topological polar surface area (TPSA) is 66.7 Å². The van der Waals surface area contributed by atoms with Crippen molar-refractivity contribution in [1.29, 1.82) is 0 Å². The molecule has 0 N–H and O–H groups in total. The van der Waals surface area contributed by atoms with Gasteiger partial charge in [-0.25, -0.2) is 14.8 Å². The Hall–Kier alpha value is -2.51. The van der Waals surface area contributed by atoms with Gasteiger partial charge in [-0.05, 0) is 53.4 Å². The van der Waals surface area contributed by atoms with Gasteiger partial charge in [-0.3, -0.25) is 0 Å². The summed E-state index contributed by atoms with van der Waals surface area (Å²) in [6.07, 6.45) is 12.7. The summed E-state index contributed by atoms with van der Waals surface area (Å²) in [7, 11) is 0. The standard InChI is InChI=1S/C26H40N6O2/c1-19-16-30(25(33)34-26(2,3)4)14-15-31(19)23-22-21(29-12-8-9-13-29)17-32(24(22)28-18-27-23)20-10-6-5-7-11-20/h17-20H,5-16H2,1-4H3. The van der Waals surface area contributed by atoms with E-state index in [0.717, 1.165) is 31.1 Å². The van der Waals surface area contributed by atoms with E-state index in [9.17, 15) is 4.79 Å². The lowest BCUT2D eigenvalue weighted by Crippen LogP contribution is -2.54. The third kappa shape index (κ3) is 4.56. The number of fused-ring (bicyclic) bond motifs is 1. The molecule has 34 heavy (non-hydrogen) atoms. The highest BCUT2D eigenvalue weighted by Crippen LogP contribution is 2.41. The molecule has 1 aliphatic carbocycles. The summed E-state index contributed by atoms with van der Waals surface area (Å²) in [6.45, 7) is 12.1. The predicted octanol–water partition coefficient (Wildman–Crippen LogP) is 4.98. The summed E-state index contributed by atoms with van der Waals surface area (Å²) in [5, 5.41) is 1.19. The first kappa shape index (κ1) is 23.2. The maximum Gasteiger partial charge on any atom is 0.410 e. The number of hydrogen-bond acceptors (Lipinski definition) is 6. The van der Waals surface area contributed by atoms with Crippen LogP contribution in [0, 0.1) is 0 Å². The molecule has 0 radical (unpaired) electrons. The van der Waals surface area contributed by atoms with Crippen molar-refractivity contribution in [1.82, 2.24) is 19.4 Å². The highest BCUT2D eigenvalue weighted by molar-refractivity contribution is 6.00. The highest BCUT2D eigenvalue weighted by atomic mass is 16.6. The number of rotatable bonds is 3. The predicted molar refractivity (Wildman–Crippen MR) is 136 cm³/mol. The van der Waals surface area contributed by atoms with Crippen LogP contribution in [0.4, 0.5) is 16.3 Å². The number of carbonyl (C=O) groups is 1. The van der Waals surface area contributed by atoms with Gasteiger partial charge in [0.1, 0.15) is 23.4 Å². The van der Waals surface area contributed by atoms with Crippen LogP contribution in [-0.2, 0) is 4.74 Å². The minimum Gasteiger partial charge on any atom is -0.444 e. The fourth-order valence-electron chi connectivity index (χ4n) is 5.87. The third-order valence-corrected chi connectivity index (χ3v) is 7.54. The molecule has 3 aliphatic rings. The lowest BCUT2D eigenvalue weighted by Gasteiger charge is -2.41. The van der Waals surface area contributed by atoms with Crippen molar-refractivity contribution in [2.24, 2.45) is 0 Å². The summed E-state index contributed by atoms with van der Waals surface area (Å²) in [4.78, 5) is 29.1. The van der Waals surface area contributed by atoms with Crippen LogP contribution in [0.15, 0.2) is 12.5 Å². The molecular weight excluding hydrogens is 428 g/mol. The van der Waals surface area contributed by atoms with Crippen LogP contribution in [0.3, 0.4) is 0 Å². The smallest absolute Gasteiger partial charge is 0.410 e. The van der Waals surface area contributed by atoms with Crippen LogP contribution in [0.5, 0.6) is 0 Å². The van der Waals surface area contributed by atoms with Crippen LogP contribution in [-0.4, -0.2) is 69.9 Å². The number of ether oxygens (including phenoxy) is 1. The van der Waals surface area contributed by atoms with Crippen LogP contribution in [0.2, 0.25) is 0 Å². The fraction of sp³-hybridized carbons (Fsp3) is 0.731. The Labute approximate surface area is 203 Å². The van der Waals surface area contributed by atoms with Gasteiger partial charge in [-0.1, -0.05) is 19.3 Å². The van der Waals surface area contributed by atoms with Crippen molar-refractivity contribution >= 4 is 28.6 Å². The summed E-state index contributed by atoms with van der Waals surface area (Å²) < 4.78 is 8.08. The molecule has 1 amide bonds. The minimum absolute atomic E-state index is 0.142. The summed E-state index contributed by atoms with van der Waals surface area (Å²) in [5.41, 5.74) is 1.87. The molecular formula is C26H40N6O2. The van der Waals surface area contributed by atoms with Crippen molar-refractivity contribution in [2.45, 2.75) is 90.3 Å². The number of amides is 1. The molecule has 0 bridgehead atoms. The molecule has 1 saturated carbocycles. The van der Waals surface area contributed by atoms with Crippen LogP contribution < -0.4 is 9.80 Å². The van der Waals surface area contributed by atoms with Gasteiger partial charge in [0.15, 0.2) is 0 Å². The molecule has 2 saturated heterocycles. The van der Waals surface area contributed by atoms with Gasteiger partial charge in [-0.2, -0.15) is 0 Å². The summed E-state index contributed by atoms with van der Waals surface area (Å²) in [5.74, 6) is 1.01. The molecule has 2 aromatic heterocycles. The number of carbonyl (C=O) groups excluding carboxylic acids is 1. The van der Waals surface area contributed by atoms with Crippen molar-refractivity contribution in [3.8, 4) is 0 Å². The van der Waals surface area contributed by atoms with Crippen molar-refractivity contribution in [2.75, 3.05) is 42.5 Å². The lowest BCUT2D eigenvalue weighted by molar-refractivity contribution is 0.0218. The quantitative estimate of drug-likeness (QED) is 0.633. The van der Waals surface area contributed by atoms with Crippen LogP contribution in [0.25, 0.3) is 11.0 Å². The molecule has 2 aliphatic heterocycles. The third-order valence-electron chi connectivity index (χ3n) is 7.54. The maximum atomic E-state index is 12.7. The second kappa shape index (κ2) is 9.27. The van der Waals surface area contributed by atoms with Crippen molar-refractivity contribution < 1.29 is 9.53 Å². The molecule has 2 aromatic rings. The first-order valence-corrected chi connectivity index (χ1v) is 13.2. The van der Waals surface area contributed by atoms with Gasteiger partial charge in [0.25, 0.3) is 0 Å². The van der Waals surface area contributed by atoms with Crippen molar-refractivity contribution in [3.63, 3.8) is 0 Å². The molecule has 4 heterocycles. The molecule has 1 unspecified atom stereocenters. The summed E-state index contributed by atoms with van der Waals surface area (Å²) in [6, 6.07) is 0.667. The largest absolute Gasteiger partial charge is 0.444 e. The second-order valence-electron chi connectivity index (χ2n) is 11.3. The average molecular weight is 469 g/mol. The zero-order chi connectivity index (χ0) is 23.9. The Morgan fingerprint density at radius 2 is 1.74 bits per heavy atom. The first-order chi connectivity index (χ1) is 16.3. The highest BCUT2D eigenvalue weighted by Gasteiger charge is 2.33. The van der Waals surface area contributed by atoms with E-state index in [0.29, 0.717) is 19.1 Å². The number of aromatic nitrogens is 3. The SMILES string of the molecule is CC1CN(C(=O)OC(C)(C)C)CCN1c1ncnc2c1c(N1CCCC1)cn2C1CCCCC1. The monoisotopic (exact) mass is 468 g/mol. The normalized spacial score (nSPS) is 22.6. The van der Waals surface area contributed by atoms with E-state index in [1.807, 2.05) is 25.7 Å². The van der Waals surface area contributed by atoms with Gasteiger partial charge >= 0.3 is 6.09 Å². The maximum absolute atomic E-state index is 12.7. The molecule has 8 heteroatoms. The van der Waals surface area contributed by atoms with E-state index in [1.54, 1.807) is 6.33 Å². The van der Waals surface area contributed by atoms with E-state index in [-0.39, 0.29) is 12.1 Å². The van der Waals surface area contributed by atoms with E-state index in [2.05, 4.69) is 27.5 Å². The Morgan fingerprint density at radius 1 is 1.00 bits per heavy atom. The molecule has 5 rings (SSSR count). The molecule has 0 aromatic carbocycles. The van der Waals surface area contributed by atoms with Gasteiger partial charge < -0.3 is 24.0 Å². The van der Waals surface area contributed by atoms with E-state index < -0.39 is 5.60 Å². The zero-order valence-electron chi connectivity index (χ0n) is 21.3. The van der Waals surface area contributed by atoms with Gasteiger partial charge in [0.2, 0.25) is 0 Å². The number of nitrogens with zero attached hydrogens (tertiary/aromatic N) is 6. The Kier molecular flexibility index (Phi) is 6.34. The number of hydrogen-bond donors (Lipinski definition) is 0. The zero-order valence-corrected chi connectivity index (χ0v) is 21.3. The van der Waals surface area contributed by atoms with E-state index in [1.165, 1.54) is 56.0 Å². The molecule has 1 atom stereocenters. The van der Waals surface area contributed by atoms with Gasteiger partial charge in [0, 0.05) is 51.0 Å². The van der Waals surface area contributed by atoms with Crippen LogP contribution >= 0.6 is 0 Å². The lowest BCUT2D eigenvalue weighted by atomic mass is 9.95. The number of piperazine rings is 1. The van der Waals surface area contributed by atoms with E-state index in [4.69, 9.17) is 14.7 Å². The fourth-order valence-corrected chi connectivity index (χ4v) is 5.87.